The number of carbonyl (C=O) groups is 1. The first-order valence-corrected chi connectivity index (χ1v) is 8.38. The van der Waals surface area contributed by atoms with Crippen LogP contribution in [0.5, 0.6) is 0 Å². The maximum Gasteiger partial charge on any atom is 0.224 e. The maximum atomic E-state index is 12.0. The quantitative estimate of drug-likeness (QED) is 0.741. The third-order valence-corrected chi connectivity index (χ3v) is 4.26. The summed E-state index contributed by atoms with van der Waals surface area (Å²) in [6.07, 6.45) is 7.57. The van der Waals surface area contributed by atoms with E-state index in [4.69, 9.17) is 0 Å². The third kappa shape index (κ3) is 4.47. The number of carbonyl (C=O) groups excluding carboxylic acids is 1. The SMILES string of the molecule is O=C(CCCc1cccnc1)Nc1ccc(-c2nccs2)cc1. The monoisotopic (exact) mass is 323 g/mol. The Balaban J connectivity index is 1.48. The zero-order chi connectivity index (χ0) is 15.9. The van der Waals surface area contributed by atoms with Gasteiger partial charge in [-0.2, -0.15) is 0 Å². The molecule has 0 bridgehead atoms. The molecule has 5 heteroatoms. The standard InChI is InChI=1S/C18H17N3OS/c22-17(5-1-3-14-4-2-10-19-13-14)21-16-8-6-15(7-9-16)18-20-11-12-23-18/h2,4,6-13H,1,3,5H2,(H,21,22). The molecule has 1 amide bonds. The molecule has 23 heavy (non-hydrogen) atoms. The average molecular weight is 323 g/mol. The highest BCUT2D eigenvalue weighted by molar-refractivity contribution is 7.13. The summed E-state index contributed by atoms with van der Waals surface area (Å²) in [6.45, 7) is 0. The number of nitrogens with one attached hydrogen (secondary N) is 1. The molecule has 116 valence electrons. The van der Waals surface area contributed by atoms with E-state index in [9.17, 15) is 4.79 Å². The Labute approximate surface area is 139 Å². The van der Waals surface area contributed by atoms with Crippen molar-refractivity contribution in [2.45, 2.75) is 19.3 Å². The molecule has 1 aromatic carbocycles. The summed E-state index contributed by atoms with van der Waals surface area (Å²) in [4.78, 5) is 20.3. The fourth-order valence-electron chi connectivity index (χ4n) is 2.28. The molecule has 2 aromatic heterocycles. The molecule has 3 aromatic rings. The Morgan fingerprint density at radius 2 is 2.00 bits per heavy atom. The number of hydrogen-bond donors (Lipinski definition) is 1. The van der Waals surface area contributed by atoms with E-state index in [2.05, 4.69) is 15.3 Å². The van der Waals surface area contributed by atoms with Crippen LogP contribution >= 0.6 is 11.3 Å². The number of benzene rings is 1. The lowest BCUT2D eigenvalue weighted by Crippen LogP contribution is -2.11. The molecule has 0 fully saturated rings. The van der Waals surface area contributed by atoms with Crippen LogP contribution in [0, 0.1) is 0 Å². The molecule has 0 radical (unpaired) electrons. The van der Waals surface area contributed by atoms with Crippen LogP contribution in [0.15, 0.2) is 60.4 Å². The summed E-state index contributed by atoms with van der Waals surface area (Å²) >= 11 is 1.60. The van der Waals surface area contributed by atoms with Crippen LogP contribution in [0.25, 0.3) is 10.6 Å². The van der Waals surface area contributed by atoms with Crippen molar-refractivity contribution < 1.29 is 4.79 Å². The Bertz CT molecular complexity index is 740. The summed E-state index contributed by atoms with van der Waals surface area (Å²) in [5.41, 5.74) is 3.04. The van der Waals surface area contributed by atoms with E-state index in [0.717, 1.165) is 34.7 Å². The normalized spacial score (nSPS) is 10.4. The van der Waals surface area contributed by atoms with Gasteiger partial charge in [0.1, 0.15) is 5.01 Å². The lowest BCUT2D eigenvalue weighted by atomic mass is 10.1. The van der Waals surface area contributed by atoms with Gasteiger partial charge in [0.15, 0.2) is 0 Å². The maximum absolute atomic E-state index is 12.0. The molecule has 0 aliphatic carbocycles. The zero-order valence-corrected chi connectivity index (χ0v) is 13.4. The Hall–Kier alpha value is -2.53. The van der Waals surface area contributed by atoms with E-state index < -0.39 is 0 Å². The molecule has 0 saturated heterocycles. The van der Waals surface area contributed by atoms with E-state index in [1.165, 1.54) is 0 Å². The van der Waals surface area contributed by atoms with Crippen molar-refractivity contribution in [3.8, 4) is 10.6 Å². The van der Waals surface area contributed by atoms with Gasteiger partial charge in [-0.25, -0.2) is 4.98 Å². The van der Waals surface area contributed by atoms with E-state index in [0.29, 0.717) is 6.42 Å². The molecule has 0 saturated carbocycles. The smallest absolute Gasteiger partial charge is 0.224 e. The first-order valence-electron chi connectivity index (χ1n) is 7.50. The highest BCUT2D eigenvalue weighted by Crippen LogP contribution is 2.23. The van der Waals surface area contributed by atoms with E-state index in [1.807, 2.05) is 48.0 Å². The molecular weight excluding hydrogens is 306 g/mol. The minimum atomic E-state index is 0.0379. The molecule has 3 rings (SSSR count). The summed E-state index contributed by atoms with van der Waals surface area (Å²) < 4.78 is 0. The van der Waals surface area contributed by atoms with Crippen LogP contribution < -0.4 is 5.32 Å². The minimum absolute atomic E-state index is 0.0379. The minimum Gasteiger partial charge on any atom is -0.326 e. The lowest BCUT2D eigenvalue weighted by molar-refractivity contribution is -0.116. The van der Waals surface area contributed by atoms with Crippen molar-refractivity contribution in [2.75, 3.05) is 5.32 Å². The first kappa shape index (κ1) is 15.4. The van der Waals surface area contributed by atoms with Gasteiger partial charge < -0.3 is 5.32 Å². The number of nitrogens with zero attached hydrogens (tertiary/aromatic N) is 2. The average Bonchev–Trinajstić information content (AvgIpc) is 3.11. The Morgan fingerprint density at radius 3 is 2.70 bits per heavy atom. The molecule has 0 aliphatic rings. The fourth-order valence-corrected chi connectivity index (χ4v) is 2.93. The van der Waals surface area contributed by atoms with Crippen molar-refractivity contribution in [1.82, 2.24) is 9.97 Å². The van der Waals surface area contributed by atoms with Gasteiger partial charge in [0, 0.05) is 41.6 Å². The molecule has 0 unspecified atom stereocenters. The van der Waals surface area contributed by atoms with Crippen LogP contribution in [0.4, 0.5) is 5.69 Å². The summed E-state index contributed by atoms with van der Waals surface area (Å²) in [5.74, 6) is 0.0379. The Kier molecular flexibility index (Phi) is 5.11. The van der Waals surface area contributed by atoms with Crippen molar-refractivity contribution >= 4 is 22.9 Å². The highest BCUT2D eigenvalue weighted by atomic mass is 32.1. The molecule has 4 nitrogen and oxygen atoms in total. The van der Waals surface area contributed by atoms with Crippen LogP contribution in [0.3, 0.4) is 0 Å². The second-order valence-corrected chi connectivity index (χ2v) is 6.07. The lowest BCUT2D eigenvalue weighted by Gasteiger charge is -2.06. The van der Waals surface area contributed by atoms with Crippen LogP contribution in [0.2, 0.25) is 0 Å². The van der Waals surface area contributed by atoms with Gasteiger partial charge in [0.2, 0.25) is 5.91 Å². The largest absolute Gasteiger partial charge is 0.326 e. The van der Waals surface area contributed by atoms with Crippen molar-refractivity contribution in [3.63, 3.8) is 0 Å². The molecule has 1 N–H and O–H groups in total. The third-order valence-electron chi connectivity index (χ3n) is 3.44. The van der Waals surface area contributed by atoms with E-state index in [1.54, 1.807) is 23.7 Å². The number of hydrogen-bond acceptors (Lipinski definition) is 4. The Morgan fingerprint density at radius 1 is 1.13 bits per heavy atom. The van der Waals surface area contributed by atoms with Gasteiger partial charge in [0.25, 0.3) is 0 Å². The predicted octanol–water partition coefficient (Wildman–Crippen LogP) is 4.17. The van der Waals surface area contributed by atoms with Gasteiger partial charge in [0.05, 0.1) is 0 Å². The summed E-state index contributed by atoms with van der Waals surface area (Å²) in [7, 11) is 0. The second kappa shape index (κ2) is 7.65. The van der Waals surface area contributed by atoms with E-state index in [-0.39, 0.29) is 5.91 Å². The number of aromatic nitrogens is 2. The highest BCUT2D eigenvalue weighted by Gasteiger charge is 2.04. The number of aryl methyl sites for hydroxylation is 1. The summed E-state index contributed by atoms with van der Waals surface area (Å²) in [5, 5.41) is 5.87. The van der Waals surface area contributed by atoms with Gasteiger partial charge >= 0.3 is 0 Å². The summed E-state index contributed by atoms with van der Waals surface area (Å²) in [6, 6.07) is 11.7. The van der Waals surface area contributed by atoms with Gasteiger partial charge in [-0.1, -0.05) is 6.07 Å². The van der Waals surface area contributed by atoms with Gasteiger partial charge in [-0.3, -0.25) is 9.78 Å². The molecule has 0 atom stereocenters. The number of pyridine rings is 1. The predicted molar refractivity (Wildman–Crippen MR) is 93.4 cm³/mol. The number of thiazole rings is 1. The molecule has 2 heterocycles. The van der Waals surface area contributed by atoms with Crippen molar-refractivity contribution in [2.24, 2.45) is 0 Å². The molecular formula is C18H17N3OS. The number of amides is 1. The topological polar surface area (TPSA) is 54.9 Å². The van der Waals surface area contributed by atoms with Crippen LogP contribution in [0.1, 0.15) is 18.4 Å². The first-order chi connectivity index (χ1) is 11.3. The van der Waals surface area contributed by atoms with Crippen molar-refractivity contribution in [1.29, 1.82) is 0 Å². The number of rotatable bonds is 6. The molecule has 0 aliphatic heterocycles. The van der Waals surface area contributed by atoms with Crippen molar-refractivity contribution in [3.05, 3.63) is 65.9 Å². The van der Waals surface area contributed by atoms with E-state index >= 15 is 0 Å². The second-order valence-electron chi connectivity index (χ2n) is 5.18. The van der Waals surface area contributed by atoms with Gasteiger partial charge in [-0.15, -0.1) is 11.3 Å². The number of anilines is 1. The fraction of sp³-hybridized carbons (Fsp3) is 0.167. The molecule has 0 spiro atoms. The zero-order valence-electron chi connectivity index (χ0n) is 12.6. The van der Waals surface area contributed by atoms with Crippen LogP contribution in [-0.2, 0) is 11.2 Å². The van der Waals surface area contributed by atoms with Gasteiger partial charge in [-0.05, 0) is 48.7 Å². The van der Waals surface area contributed by atoms with Crippen LogP contribution in [-0.4, -0.2) is 15.9 Å².